The summed E-state index contributed by atoms with van der Waals surface area (Å²) in [7, 11) is 0. The van der Waals surface area contributed by atoms with Gasteiger partial charge in [-0.15, -0.1) is 0 Å². The minimum Gasteiger partial charge on any atom is -0.368 e. The minimum absolute atomic E-state index is 0.0477. The van der Waals surface area contributed by atoms with E-state index in [0.717, 1.165) is 42.5 Å². The third kappa shape index (κ3) is 3.66. The van der Waals surface area contributed by atoms with E-state index in [1.54, 1.807) is 0 Å². The highest BCUT2D eigenvalue weighted by Gasteiger charge is 2.19. The second kappa shape index (κ2) is 6.33. The summed E-state index contributed by atoms with van der Waals surface area (Å²) in [5, 5.41) is 0. The van der Waals surface area contributed by atoms with Crippen LogP contribution in [0.2, 0.25) is 0 Å². The molecule has 17 heavy (non-hydrogen) atoms. The van der Waals surface area contributed by atoms with Crippen LogP contribution in [0, 0.1) is 0 Å². The smallest absolute Gasteiger partial charge is 0.158 e. The normalized spacial score (nSPS) is 22.4. The van der Waals surface area contributed by atoms with E-state index in [1.165, 1.54) is 0 Å². The van der Waals surface area contributed by atoms with Gasteiger partial charge in [0.25, 0.3) is 0 Å². The lowest BCUT2D eigenvalue weighted by molar-refractivity contribution is 0.0692. The summed E-state index contributed by atoms with van der Waals surface area (Å²) >= 11 is 1.89. The predicted molar refractivity (Wildman–Crippen MR) is 70.0 cm³/mol. The average Bonchev–Trinajstić information content (AvgIpc) is 2.40. The lowest BCUT2D eigenvalue weighted by atomic mass is 10.1. The van der Waals surface area contributed by atoms with Gasteiger partial charge in [0, 0.05) is 35.9 Å². The zero-order valence-corrected chi connectivity index (χ0v) is 10.9. The Labute approximate surface area is 106 Å². The van der Waals surface area contributed by atoms with Gasteiger partial charge in [-0.2, -0.15) is 11.8 Å². The molecule has 0 spiro atoms. The van der Waals surface area contributed by atoms with E-state index in [1.807, 2.05) is 24.0 Å². The van der Waals surface area contributed by atoms with Gasteiger partial charge in [-0.25, -0.2) is 9.97 Å². The van der Waals surface area contributed by atoms with Crippen molar-refractivity contribution in [3.8, 4) is 0 Å². The van der Waals surface area contributed by atoms with E-state index in [0.29, 0.717) is 0 Å². The Morgan fingerprint density at radius 3 is 3.24 bits per heavy atom. The largest absolute Gasteiger partial charge is 0.368 e. The Morgan fingerprint density at radius 1 is 1.65 bits per heavy atom. The number of thioether (sulfide) groups is 1. The quantitative estimate of drug-likeness (QED) is 0.882. The Hall–Kier alpha value is -0.650. The van der Waals surface area contributed by atoms with Crippen LogP contribution < -0.4 is 5.73 Å². The van der Waals surface area contributed by atoms with Gasteiger partial charge in [-0.3, -0.25) is 0 Å². The number of nitrogens with zero attached hydrogens (tertiary/aromatic N) is 2. The molecule has 5 heteroatoms. The van der Waals surface area contributed by atoms with E-state index in [2.05, 4.69) is 16.9 Å². The van der Waals surface area contributed by atoms with Gasteiger partial charge in [-0.1, -0.05) is 6.92 Å². The molecule has 1 aliphatic rings. The fraction of sp³-hybridized carbons (Fsp3) is 0.667. The molecule has 1 saturated heterocycles. The Bertz CT molecular complexity index is 355. The fourth-order valence-electron chi connectivity index (χ4n) is 1.73. The first-order valence-electron chi connectivity index (χ1n) is 6.06. The lowest BCUT2D eigenvalue weighted by Gasteiger charge is -2.21. The first-order chi connectivity index (χ1) is 8.29. The molecule has 1 fully saturated rings. The maximum atomic E-state index is 5.94. The standard InChI is InChI=1S/C12H19N3OS/c1-2-9(13)7-10-3-4-14-12(15-10)11-8-17-6-5-16-11/h3-4,9,11H,2,5-8,13H2,1H3. The Morgan fingerprint density at radius 2 is 2.53 bits per heavy atom. The summed E-state index contributed by atoms with van der Waals surface area (Å²) in [5.74, 6) is 2.82. The molecule has 1 aromatic rings. The molecule has 4 nitrogen and oxygen atoms in total. The molecule has 2 unspecified atom stereocenters. The molecule has 0 saturated carbocycles. The summed E-state index contributed by atoms with van der Waals surface area (Å²) in [6.45, 7) is 2.88. The molecule has 2 N–H and O–H groups in total. The highest BCUT2D eigenvalue weighted by Crippen LogP contribution is 2.23. The molecule has 2 atom stereocenters. The van der Waals surface area contributed by atoms with Crippen LogP contribution in [0.4, 0.5) is 0 Å². The Kier molecular flexibility index (Phi) is 4.76. The summed E-state index contributed by atoms with van der Waals surface area (Å²) < 4.78 is 5.67. The van der Waals surface area contributed by atoms with Crippen molar-refractivity contribution in [3.63, 3.8) is 0 Å². The first-order valence-corrected chi connectivity index (χ1v) is 7.21. The summed E-state index contributed by atoms with van der Waals surface area (Å²) in [5.41, 5.74) is 6.95. The molecule has 1 aromatic heterocycles. The SMILES string of the molecule is CCC(N)Cc1ccnc(C2CSCCO2)n1. The van der Waals surface area contributed by atoms with Crippen molar-refractivity contribution >= 4 is 11.8 Å². The monoisotopic (exact) mass is 253 g/mol. The van der Waals surface area contributed by atoms with Crippen molar-refractivity contribution in [1.82, 2.24) is 9.97 Å². The van der Waals surface area contributed by atoms with Gasteiger partial charge < -0.3 is 10.5 Å². The third-order valence-electron chi connectivity index (χ3n) is 2.83. The van der Waals surface area contributed by atoms with Gasteiger partial charge in [0.15, 0.2) is 5.82 Å². The van der Waals surface area contributed by atoms with Crippen LogP contribution in [0.3, 0.4) is 0 Å². The zero-order valence-electron chi connectivity index (χ0n) is 10.1. The second-order valence-electron chi connectivity index (χ2n) is 4.21. The molecular formula is C12H19N3OS. The van der Waals surface area contributed by atoms with Gasteiger partial charge >= 0.3 is 0 Å². The fourth-order valence-corrected chi connectivity index (χ4v) is 2.57. The molecule has 0 radical (unpaired) electrons. The second-order valence-corrected chi connectivity index (χ2v) is 5.36. The van der Waals surface area contributed by atoms with Gasteiger partial charge in [0.05, 0.1) is 6.61 Å². The maximum absolute atomic E-state index is 5.94. The summed E-state index contributed by atoms with van der Waals surface area (Å²) in [4.78, 5) is 8.86. The van der Waals surface area contributed by atoms with Gasteiger partial charge in [0.1, 0.15) is 6.10 Å². The van der Waals surface area contributed by atoms with E-state index in [-0.39, 0.29) is 12.1 Å². The van der Waals surface area contributed by atoms with Crippen molar-refractivity contribution in [3.05, 3.63) is 23.8 Å². The number of nitrogens with two attached hydrogens (primary N) is 1. The van der Waals surface area contributed by atoms with E-state index in [4.69, 9.17) is 10.5 Å². The van der Waals surface area contributed by atoms with E-state index >= 15 is 0 Å². The maximum Gasteiger partial charge on any atom is 0.158 e. The van der Waals surface area contributed by atoms with E-state index < -0.39 is 0 Å². The first kappa shape index (κ1) is 12.8. The molecule has 0 aromatic carbocycles. The number of aromatic nitrogens is 2. The molecule has 0 aliphatic carbocycles. The van der Waals surface area contributed by atoms with E-state index in [9.17, 15) is 0 Å². The molecule has 94 valence electrons. The molecule has 1 aliphatic heterocycles. The zero-order chi connectivity index (χ0) is 12.1. The summed E-state index contributed by atoms with van der Waals surface area (Å²) in [6.07, 6.45) is 3.63. The van der Waals surface area contributed by atoms with Crippen molar-refractivity contribution in [2.45, 2.75) is 31.9 Å². The average molecular weight is 253 g/mol. The Balaban J connectivity index is 2.05. The summed E-state index contributed by atoms with van der Waals surface area (Å²) in [6, 6.07) is 2.12. The van der Waals surface area contributed by atoms with Crippen LogP contribution >= 0.6 is 11.8 Å². The number of rotatable bonds is 4. The van der Waals surface area contributed by atoms with Crippen LogP contribution in [0.1, 0.15) is 31.0 Å². The highest BCUT2D eigenvalue weighted by atomic mass is 32.2. The van der Waals surface area contributed by atoms with Crippen LogP contribution in [-0.2, 0) is 11.2 Å². The predicted octanol–water partition coefficient (Wildman–Crippen LogP) is 1.56. The van der Waals surface area contributed by atoms with Crippen LogP contribution in [0.25, 0.3) is 0 Å². The molecular weight excluding hydrogens is 234 g/mol. The molecule has 2 rings (SSSR count). The number of hydrogen-bond acceptors (Lipinski definition) is 5. The molecule has 0 amide bonds. The van der Waals surface area contributed by atoms with Crippen LogP contribution in [0.5, 0.6) is 0 Å². The lowest BCUT2D eigenvalue weighted by Crippen LogP contribution is -2.23. The van der Waals surface area contributed by atoms with Crippen molar-refractivity contribution in [2.24, 2.45) is 5.73 Å². The third-order valence-corrected chi connectivity index (χ3v) is 3.83. The minimum atomic E-state index is 0.0477. The molecule has 0 bridgehead atoms. The topological polar surface area (TPSA) is 61.0 Å². The number of hydrogen-bond donors (Lipinski definition) is 1. The van der Waals surface area contributed by atoms with Crippen molar-refractivity contribution < 1.29 is 4.74 Å². The number of ether oxygens (including phenoxy) is 1. The highest BCUT2D eigenvalue weighted by molar-refractivity contribution is 7.99. The van der Waals surface area contributed by atoms with Gasteiger partial charge in [-0.05, 0) is 12.5 Å². The van der Waals surface area contributed by atoms with Crippen molar-refractivity contribution in [2.75, 3.05) is 18.1 Å². The van der Waals surface area contributed by atoms with Crippen LogP contribution in [0.15, 0.2) is 12.3 Å². The molecule has 2 heterocycles. The van der Waals surface area contributed by atoms with Gasteiger partial charge in [0.2, 0.25) is 0 Å². The van der Waals surface area contributed by atoms with Crippen LogP contribution in [-0.4, -0.2) is 34.1 Å². The van der Waals surface area contributed by atoms with Crippen molar-refractivity contribution in [1.29, 1.82) is 0 Å².